The fourth-order valence-corrected chi connectivity index (χ4v) is 4.11. The molecule has 23 heavy (non-hydrogen) atoms. The van der Waals surface area contributed by atoms with Crippen molar-refractivity contribution in [3.8, 4) is 0 Å². The van der Waals surface area contributed by atoms with E-state index in [1.54, 1.807) is 17.5 Å². The number of amides is 1. The molecule has 6 heteroatoms. The quantitative estimate of drug-likeness (QED) is 0.658. The minimum absolute atomic E-state index is 0.104. The number of allylic oxidation sites excluding steroid dienone is 1. The Kier molecular flexibility index (Phi) is 4.63. The van der Waals surface area contributed by atoms with Gasteiger partial charge in [0.05, 0.1) is 26.9 Å². The Balaban J connectivity index is 1.89. The summed E-state index contributed by atoms with van der Waals surface area (Å²) < 4.78 is 4.09. The average molecular weight is 390 g/mol. The summed E-state index contributed by atoms with van der Waals surface area (Å²) in [6.07, 6.45) is 1.72. The Hall–Kier alpha value is -1.92. The Morgan fingerprint density at radius 1 is 1.48 bits per heavy atom. The summed E-state index contributed by atoms with van der Waals surface area (Å²) in [5.41, 5.74) is 3.52. The van der Waals surface area contributed by atoms with E-state index in [4.69, 9.17) is 0 Å². The molecule has 0 fully saturated rings. The standard InChI is InChI=1S/C17H16BrN3OS/c1-11(2)9-21-14(7-15-16(21)13(18)10-23-15)17(22)20-8-12-5-3-4-6-19-12/h3-7,10H,1,8-9H2,2H3,(H,20,22). The van der Waals surface area contributed by atoms with Crippen molar-refractivity contribution in [3.63, 3.8) is 0 Å². The molecule has 0 saturated carbocycles. The molecule has 0 spiro atoms. The van der Waals surface area contributed by atoms with E-state index < -0.39 is 0 Å². The van der Waals surface area contributed by atoms with Crippen LogP contribution in [0.1, 0.15) is 23.1 Å². The van der Waals surface area contributed by atoms with E-state index in [1.807, 2.05) is 41.1 Å². The molecule has 0 aliphatic carbocycles. The van der Waals surface area contributed by atoms with Gasteiger partial charge in [-0.15, -0.1) is 11.3 Å². The Morgan fingerprint density at radius 3 is 3.00 bits per heavy atom. The Bertz CT molecular complexity index is 867. The highest BCUT2D eigenvalue weighted by molar-refractivity contribution is 9.10. The maximum absolute atomic E-state index is 12.6. The van der Waals surface area contributed by atoms with Gasteiger partial charge >= 0.3 is 0 Å². The van der Waals surface area contributed by atoms with Gasteiger partial charge in [-0.2, -0.15) is 0 Å². The van der Waals surface area contributed by atoms with Crippen LogP contribution in [0.25, 0.3) is 10.2 Å². The highest BCUT2D eigenvalue weighted by Gasteiger charge is 2.18. The van der Waals surface area contributed by atoms with Crippen LogP contribution in [0.2, 0.25) is 0 Å². The van der Waals surface area contributed by atoms with E-state index in [9.17, 15) is 4.79 Å². The number of hydrogen-bond acceptors (Lipinski definition) is 3. The lowest BCUT2D eigenvalue weighted by Gasteiger charge is -2.11. The zero-order chi connectivity index (χ0) is 16.4. The minimum atomic E-state index is -0.104. The predicted octanol–water partition coefficient (Wildman–Crippen LogP) is 4.37. The molecule has 3 heterocycles. The van der Waals surface area contributed by atoms with Crippen molar-refractivity contribution >= 4 is 43.4 Å². The fraction of sp³-hybridized carbons (Fsp3) is 0.176. The van der Waals surface area contributed by atoms with Gasteiger partial charge in [0.15, 0.2) is 0 Å². The molecule has 3 aromatic heterocycles. The lowest BCUT2D eigenvalue weighted by Crippen LogP contribution is -2.26. The summed E-state index contributed by atoms with van der Waals surface area (Å²) in [6.45, 7) is 6.96. The van der Waals surface area contributed by atoms with Crippen LogP contribution in [0.3, 0.4) is 0 Å². The van der Waals surface area contributed by atoms with Gasteiger partial charge in [-0.3, -0.25) is 9.78 Å². The number of halogens is 1. The summed E-state index contributed by atoms with van der Waals surface area (Å²) in [5, 5.41) is 4.97. The van der Waals surface area contributed by atoms with Crippen LogP contribution in [-0.4, -0.2) is 15.5 Å². The number of rotatable bonds is 5. The highest BCUT2D eigenvalue weighted by Crippen LogP contribution is 2.33. The third-order valence-corrected chi connectivity index (χ3v) is 5.22. The van der Waals surface area contributed by atoms with Crippen LogP contribution in [0.5, 0.6) is 0 Å². The first-order chi connectivity index (χ1) is 11.1. The predicted molar refractivity (Wildman–Crippen MR) is 97.7 cm³/mol. The summed E-state index contributed by atoms with van der Waals surface area (Å²) in [7, 11) is 0. The second-order valence-corrected chi connectivity index (χ2v) is 7.14. The van der Waals surface area contributed by atoms with Gasteiger partial charge in [0.25, 0.3) is 5.91 Å². The summed E-state index contributed by atoms with van der Waals surface area (Å²) in [6, 6.07) is 7.59. The SMILES string of the molecule is C=C(C)Cn1c(C(=O)NCc2ccccn2)cc2scc(Br)c21. The van der Waals surface area contributed by atoms with Crippen LogP contribution in [0, 0.1) is 0 Å². The van der Waals surface area contributed by atoms with Gasteiger partial charge in [0.1, 0.15) is 5.69 Å². The smallest absolute Gasteiger partial charge is 0.268 e. The zero-order valence-corrected chi connectivity index (χ0v) is 15.1. The summed E-state index contributed by atoms with van der Waals surface area (Å²) in [4.78, 5) is 16.8. The molecule has 0 saturated heterocycles. The summed E-state index contributed by atoms with van der Waals surface area (Å²) in [5.74, 6) is -0.104. The van der Waals surface area contributed by atoms with E-state index in [1.165, 1.54) is 0 Å². The molecular formula is C17H16BrN3OS. The van der Waals surface area contributed by atoms with Crippen LogP contribution in [0.15, 0.2) is 52.5 Å². The number of aromatic nitrogens is 2. The maximum Gasteiger partial charge on any atom is 0.268 e. The topological polar surface area (TPSA) is 46.9 Å². The van der Waals surface area contributed by atoms with Gasteiger partial charge in [-0.05, 0) is 41.1 Å². The molecule has 0 aliphatic heterocycles. The molecular weight excluding hydrogens is 374 g/mol. The highest BCUT2D eigenvalue weighted by atomic mass is 79.9. The van der Waals surface area contributed by atoms with Gasteiger partial charge < -0.3 is 9.88 Å². The summed E-state index contributed by atoms with van der Waals surface area (Å²) >= 11 is 5.18. The first-order valence-electron chi connectivity index (χ1n) is 7.15. The van der Waals surface area contributed by atoms with Crippen molar-refractivity contribution in [1.82, 2.24) is 14.9 Å². The number of nitrogens with one attached hydrogen (secondary N) is 1. The van der Waals surface area contributed by atoms with Gasteiger partial charge in [0, 0.05) is 18.1 Å². The number of carbonyl (C=O) groups is 1. The van der Waals surface area contributed by atoms with Crippen LogP contribution in [-0.2, 0) is 13.1 Å². The number of carbonyl (C=O) groups excluding carboxylic acids is 1. The molecule has 1 amide bonds. The Labute approximate surface area is 147 Å². The second-order valence-electron chi connectivity index (χ2n) is 5.37. The van der Waals surface area contributed by atoms with Crippen molar-refractivity contribution in [2.45, 2.75) is 20.0 Å². The van der Waals surface area contributed by atoms with Crippen molar-refractivity contribution in [1.29, 1.82) is 0 Å². The molecule has 4 nitrogen and oxygen atoms in total. The first-order valence-corrected chi connectivity index (χ1v) is 8.82. The number of pyridine rings is 1. The Morgan fingerprint density at radius 2 is 2.30 bits per heavy atom. The van der Waals surface area contributed by atoms with E-state index >= 15 is 0 Å². The monoisotopic (exact) mass is 389 g/mol. The van der Waals surface area contributed by atoms with Gasteiger partial charge in [0.2, 0.25) is 0 Å². The molecule has 0 bridgehead atoms. The molecule has 0 unspecified atom stereocenters. The lowest BCUT2D eigenvalue weighted by atomic mass is 10.3. The van der Waals surface area contributed by atoms with Gasteiger partial charge in [-0.1, -0.05) is 18.2 Å². The number of thiophene rings is 1. The number of nitrogens with zero attached hydrogens (tertiary/aromatic N) is 2. The molecule has 1 N–H and O–H groups in total. The first kappa shape index (κ1) is 16.0. The number of fused-ring (bicyclic) bond motifs is 1. The van der Waals surface area contributed by atoms with Crippen molar-refractivity contribution < 1.29 is 4.79 Å². The van der Waals surface area contributed by atoms with Gasteiger partial charge in [-0.25, -0.2) is 0 Å². The second kappa shape index (κ2) is 6.68. The van der Waals surface area contributed by atoms with E-state index in [2.05, 4.69) is 32.8 Å². The minimum Gasteiger partial charge on any atom is -0.345 e. The third-order valence-electron chi connectivity index (χ3n) is 3.39. The molecule has 0 atom stereocenters. The lowest BCUT2D eigenvalue weighted by molar-refractivity contribution is 0.0942. The average Bonchev–Trinajstić information content (AvgIpc) is 3.07. The largest absolute Gasteiger partial charge is 0.345 e. The number of hydrogen-bond donors (Lipinski definition) is 1. The molecule has 0 aliphatic rings. The molecule has 0 radical (unpaired) electrons. The van der Waals surface area contributed by atoms with Crippen molar-refractivity contribution in [2.75, 3.05) is 0 Å². The van der Waals surface area contributed by atoms with E-state index in [-0.39, 0.29) is 5.91 Å². The molecule has 3 aromatic rings. The maximum atomic E-state index is 12.6. The fourth-order valence-electron chi connectivity index (χ4n) is 2.42. The van der Waals surface area contributed by atoms with Crippen LogP contribution >= 0.6 is 27.3 Å². The van der Waals surface area contributed by atoms with Crippen LogP contribution in [0.4, 0.5) is 0 Å². The third kappa shape index (κ3) is 3.38. The normalized spacial score (nSPS) is 10.9. The molecule has 3 rings (SSSR count). The molecule has 118 valence electrons. The van der Waals surface area contributed by atoms with Crippen molar-refractivity contribution in [3.05, 3.63) is 63.9 Å². The zero-order valence-electron chi connectivity index (χ0n) is 12.7. The van der Waals surface area contributed by atoms with E-state index in [0.29, 0.717) is 18.8 Å². The van der Waals surface area contributed by atoms with Crippen molar-refractivity contribution in [2.24, 2.45) is 0 Å². The van der Waals surface area contributed by atoms with Crippen LogP contribution < -0.4 is 5.32 Å². The van der Waals surface area contributed by atoms with E-state index in [0.717, 1.165) is 26.0 Å². The molecule has 0 aromatic carbocycles.